The first kappa shape index (κ1) is 73.1. The van der Waals surface area contributed by atoms with Crippen LogP contribution >= 0.6 is 0 Å². The van der Waals surface area contributed by atoms with E-state index in [-0.39, 0.29) is 31.6 Å². The Bertz CT molecular complexity index is 1560. The number of carbonyl (C=O) groups excluding carboxylic acids is 3. The lowest BCUT2D eigenvalue weighted by molar-refractivity contribution is -0.166. The summed E-state index contributed by atoms with van der Waals surface area (Å²) in [7, 11) is 0. The molecule has 0 amide bonds. The van der Waals surface area contributed by atoms with Gasteiger partial charge in [0.2, 0.25) is 0 Å². The van der Waals surface area contributed by atoms with Gasteiger partial charge in [-0.3, -0.25) is 14.4 Å². The van der Waals surface area contributed by atoms with Gasteiger partial charge in [-0.05, 0) is 109 Å². The van der Waals surface area contributed by atoms with E-state index >= 15 is 0 Å². The Balaban J connectivity index is 4.30. The smallest absolute Gasteiger partial charge is 0.310 e. The highest BCUT2D eigenvalue weighted by Gasteiger charge is 2.19. The average molecular weight is 1070 g/mol. The predicted molar refractivity (Wildman–Crippen MR) is 334 cm³/mol. The standard InChI is InChI=1S/C71H120O6/c1-4-7-10-13-16-19-22-25-28-29-30-31-32-33-34-35-36-37-38-39-40-41-44-46-49-52-55-58-61-64-70(73)76-67-68(77-71(74)65-62-59-56-53-50-47-43-27-24-21-18-15-12-9-6-3)66-75-69(72)63-60-57-54-51-48-45-42-26-23-20-17-14-11-8-5-2/h9,12,17-18,20-22,25-27,29-30,42-43,50,53,59,62,68H,4-8,10-11,13-16,19,23-24,28,31-41,44-49,51-52,54-58,60-61,63-67H2,1-3H3/b12-9-,20-17-,21-18-,25-22-,30-29-,42-26-,43-27-,53-50-,62-59-. The summed E-state index contributed by atoms with van der Waals surface area (Å²) in [5.74, 6) is -1.06. The van der Waals surface area contributed by atoms with Crippen LogP contribution in [0.15, 0.2) is 109 Å². The molecular weight excluding hydrogens is 949 g/mol. The van der Waals surface area contributed by atoms with Crippen LogP contribution < -0.4 is 0 Å². The van der Waals surface area contributed by atoms with E-state index in [2.05, 4.69) is 118 Å². The molecule has 0 spiro atoms. The van der Waals surface area contributed by atoms with Gasteiger partial charge in [0.05, 0.1) is 6.42 Å². The van der Waals surface area contributed by atoms with Crippen molar-refractivity contribution < 1.29 is 28.6 Å². The average Bonchev–Trinajstić information content (AvgIpc) is 3.43. The maximum Gasteiger partial charge on any atom is 0.310 e. The number of rotatable bonds is 58. The summed E-state index contributed by atoms with van der Waals surface area (Å²) >= 11 is 0. The predicted octanol–water partition coefficient (Wildman–Crippen LogP) is 22.2. The highest BCUT2D eigenvalue weighted by molar-refractivity contribution is 5.72. The van der Waals surface area contributed by atoms with Gasteiger partial charge in [-0.1, -0.05) is 284 Å². The van der Waals surface area contributed by atoms with Gasteiger partial charge in [0.25, 0.3) is 0 Å². The summed E-state index contributed by atoms with van der Waals surface area (Å²) in [5, 5.41) is 0. The van der Waals surface area contributed by atoms with Crippen LogP contribution in [0.3, 0.4) is 0 Å². The fourth-order valence-corrected chi connectivity index (χ4v) is 8.93. The van der Waals surface area contributed by atoms with Gasteiger partial charge in [0, 0.05) is 12.8 Å². The van der Waals surface area contributed by atoms with Crippen molar-refractivity contribution in [3.63, 3.8) is 0 Å². The molecule has 0 aliphatic carbocycles. The largest absolute Gasteiger partial charge is 0.462 e. The second-order valence-electron chi connectivity index (χ2n) is 21.3. The Labute approximate surface area is 476 Å². The fourth-order valence-electron chi connectivity index (χ4n) is 8.93. The molecule has 0 bridgehead atoms. The van der Waals surface area contributed by atoms with Crippen molar-refractivity contribution in [2.24, 2.45) is 0 Å². The highest BCUT2D eigenvalue weighted by Crippen LogP contribution is 2.16. The second-order valence-corrected chi connectivity index (χ2v) is 21.3. The number of ether oxygens (including phenoxy) is 3. The number of carbonyl (C=O) groups is 3. The summed E-state index contributed by atoms with van der Waals surface area (Å²) in [6.45, 7) is 6.41. The zero-order valence-electron chi connectivity index (χ0n) is 50.4. The molecule has 0 aromatic heterocycles. The number of allylic oxidation sites excluding steroid dienone is 17. The molecule has 1 unspecified atom stereocenters. The van der Waals surface area contributed by atoms with Crippen molar-refractivity contribution in [2.75, 3.05) is 13.2 Å². The lowest BCUT2D eigenvalue weighted by Gasteiger charge is -2.18. The molecule has 0 aliphatic heterocycles. The first-order chi connectivity index (χ1) is 38.0. The maximum absolute atomic E-state index is 12.8. The van der Waals surface area contributed by atoms with E-state index in [1.807, 2.05) is 6.08 Å². The van der Waals surface area contributed by atoms with E-state index in [1.54, 1.807) is 6.08 Å². The third-order valence-electron chi connectivity index (χ3n) is 13.8. The van der Waals surface area contributed by atoms with Gasteiger partial charge in [-0.15, -0.1) is 0 Å². The number of hydrogen-bond donors (Lipinski definition) is 0. The molecule has 0 N–H and O–H groups in total. The minimum absolute atomic E-state index is 0.0924. The van der Waals surface area contributed by atoms with Crippen molar-refractivity contribution in [1.29, 1.82) is 0 Å². The Morgan fingerprint density at radius 3 is 0.883 bits per heavy atom. The van der Waals surface area contributed by atoms with E-state index in [0.717, 1.165) is 103 Å². The lowest BCUT2D eigenvalue weighted by Crippen LogP contribution is -2.30. The number of hydrogen-bond acceptors (Lipinski definition) is 6. The summed E-state index contributed by atoms with van der Waals surface area (Å²) in [6.07, 6.45) is 88.5. The molecule has 77 heavy (non-hydrogen) atoms. The lowest BCUT2D eigenvalue weighted by atomic mass is 10.0. The van der Waals surface area contributed by atoms with E-state index in [0.29, 0.717) is 12.8 Å². The SMILES string of the molecule is CC/C=C\C/C=C\C/C=C\C/C=C\C/C=C\CC(=O)OC(COC(=O)CCCCCCC/C=C\C/C=C\CCCCC)COC(=O)CCCCCCCCCCCCCCCCCCC/C=C\C/C=C\CCCCCCC. The normalized spacial score (nSPS) is 12.8. The molecule has 0 saturated carbocycles. The molecule has 6 heteroatoms. The van der Waals surface area contributed by atoms with Crippen molar-refractivity contribution in [2.45, 2.75) is 309 Å². The Morgan fingerprint density at radius 1 is 0.286 bits per heavy atom. The highest BCUT2D eigenvalue weighted by atomic mass is 16.6. The fraction of sp³-hybridized carbons (Fsp3) is 0.704. The van der Waals surface area contributed by atoms with E-state index < -0.39 is 12.1 Å². The van der Waals surface area contributed by atoms with Crippen LogP contribution in [0.25, 0.3) is 0 Å². The molecule has 0 heterocycles. The monoisotopic (exact) mass is 1070 g/mol. The molecule has 1 atom stereocenters. The maximum atomic E-state index is 12.8. The number of esters is 3. The van der Waals surface area contributed by atoms with Gasteiger partial charge in [0.15, 0.2) is 6.10 Å². The molecule has 0 aromatic carbocycles. The summed E-state index contributed by atoms with van der Waals surface area (Å²) in [5.41, 5.74) is 0. The van der Waals surface area contributed by atoms with Gasteiger partial charge >= 0.3 is 17.9 Å². The van der Waals surface area contributed by atoms with E-state index in [4.69, 9.17) is 14.2 Å². The minimum atomic E-state index is -0.840. The molecule has 440 valence electrons. The molecule has 0 aliphatic rings. The Morgan fingerprint density at radius 2 is 0.545 bits per heavy atom. The van der Waals surface area contributed by atoms with Crippen LogP contribution in [0.5, 0.6) is 0 Å². The summed E-state index contributed by atoms with van der Waals surface area (Å²) < 4.78 is 16.8. The van der Waals surface area contributed by atoms with Crippen molar-refractivity contribution >= 4 is 17.9 Å². The van der Waals surface area contributed by atoms with Gasteiger partial charge in [-0.2, -0.15) is 0 Å². The molecule has 0 saturated heterocycles. The molecule has 0 aromatic rings. The molecule has 0 radical (unpaired) electrons. The topological polar surface area (TPSA) is 78.9 Å². The Kier molecular flexibility index (Phi) is 61.3. The van der Waals surface area contributed by atoms with Crippen LogP contribution in [0.1, 0.15) is 303 Å². The van der Waals surface area contributed by atoms with Crippen LogP contribution in [0.2, 0.25) is 0 Å². The van der Waals surface area contributed by atoms with Crippen LogP contribution in [-0.4, -0.2) is 37.2 Å². The van der Waals surface area contributed by atoms with Gasteiger partial charge in [0.1, 0.15) is 13.2 Å². The molecule has 6 nitrogen and oxygen atoms in total. The van der Waals surface area contributed by atoms with Crippen molar-refractivity contribution in [3.8, 4) is 0 Å². The van der Waals surface area contributed by atoms with Crippen LogP contribution in [-0.2, 0) is 28.6 Å². The van der Waals surface area contributed by atoms with Crippen molar-refractivity contribution in [1.82, 2.24) is 0 Å². The third-order valence-corrected chi connectivity index (χ3v) is 13.8. The zero-order chi connectivity index (χ0) is 55.7. The first-order valence-electron chi connectivity index (χ1n) is 32.4. The quantitative estimate of drug-likeness (QED) is 0.0261. The minimum Gasteiger partial charge on any atom is -0.462 e. The second kappa shape index (κ2) is 64.6. The van der Waals surface area contributed by atoms with Crippen LogP contribution in [0.4, 0.5) is 0 Å². The third kappa shape index (κ3) is 62.8. The van der Waals surface area contributed by atoms with E-state index in [9.17, 15) is 14.4 Å². The number of unbranched alkanes of at least 4 members (excludes halogenated alkanes) is 30. The van der Waals surface area contributed by atoms with Gasteiger partial charge in [-0.25, -0.2) is 0 Å². The van der Waals surface area contributed by atoms with E-state index in [1.165, 1.54) is 161 Å². The molecular formula is C71H120O6. The summed E-state index contributed by atoms with van der Waals surface area (Å²) in [6, 6.07) is 0. The van der Waals surface area contributed by atoms with Crippen molar-refractivity contribution in [3.05, 3.63) is 109 Å². The summed E-state index contributed by atoms with van der Waals surface area (Å²) in [4.78, 5) is 38.2. The Hall–Kier alpha value is -3.93. The van der Waals surface area contributed by atoms with Crippen LogP contribution in [0, 0.1) is 0 Å². The zero-order valence-corrected chi connectivity index (χ0v) is 50.4. The first-order valence-corrected chi connectivity index (χ1v) is 32.4. The molecule has 0 fully saturated rings. The molecule has 0 rings (SSSR count). The van der Waals surface area contributed by atoms with Gasteiger partial charge < -0.3 is 14.2 Å².